The highest BCUT2D eigenvalue weighted by molar-refractivity contribution is 5.94. The van der Waals surface area contributed by atoms with Crippen LogP contribution in [0.4, 0.5) is 4.39 Å². The molecular formula is C21H25FN4O2. The first-order chi connectivity index (χ1) is 13.6. The Morgan fingerprint density at radius 3 is 2.61 bits per heavy atom. The summed E-state index contributed by atoms with van der Waals surface area (Å²) in [4.78, 5) is 33.0. The number of carbonyl (C=O) groups is 2. The molecule has 1 N–H and O–H groups in total. The van der Waals surface area contributed by atoms with Crippen molar-refractivity contribution in [2.75, 3.05) is 26.2 Å². The molecule has 1 atom stereocenters. The fraction of sp³-hybridized carbons (Fsp3) is 0.381. The lowest BCUT2D eigenvalue weighted by Crippen LogP contribution is -2.46. The van der Waals surface area contributed by atoms with Crippen molar-refractivity contribution >= 4 is 11.8 Å². The number of nitrogens with zero attached hydrogens (tertiary/aromatic N) is 3. The fourth-order valence-corrected chi connectivity index (χ4v) is 3.34. The molecule has 28 heavy (non-hydrogen) atoms. The van der Waals surface area contributed by atoms with Gasteiger partial charge < -0.3 is 10.2 Å². The van der Waals surface area contributed by atoms with Crippen LogP contribution in [0.3, 0.4) is 0 Å². The Labute approximate surface area is 164 Å². The molecule has 1 unspecified atom stereocenters. The van der Waals surface area contributed by atoms with Crippen molar-refractivity contribution in [1.82, 2.24) is 20.1 Å². The van der Waals surface area contributed by atoms with E-state index >= 15 is 0 Å². The summed E-state index contributed by atoms with van der Waals surface area (Å²) in [5.74, 6) is -0.478. The van der Waals surface area contributed by atoms with Gasteiger partial charge in [0.15, 0.2) is 0 Å². The lowest BCUT2D eigenvalue weighted by Gasteiger charge is -2.27. The lowest BCUT2D eigenvalue weighted by molar-refractivity contribution is -0.126. The second-order valence-corrected chi connectivity index (χ2v) is 6.90. The van der Waals surface area contributed by atoms with E-state index in [1.54, 1.807) is 42.7 Å². The lowest BCUT2D eigenvalue weighted by atomic mass is 10.2. The molecule has 148 valence electrons. The van der Waals surface area contributed by atoms with E-state index in [0.717, 1.165) is 13.0 Å². The number of hydrogen-bond donors (Lipinski definition) is 1. The van der Waals surface area contributed by atoms with Crippen LogP contribution in [-0.4, -0.2) is 58.8 Å². The van der Waals surface area contributed by atoms with Gasteiger partial charge >= 0.3 is 0 Å². The number of halogens is 1. The fourth-order valence-electron chi connectivity index (χ4n) is 3.34. The highest BCUT2D eigenvalue weighted by Crippen LogP contribution is 2.12. The summed E-state index contributed by atoms with van der Waals surface area (Å²) in [7, 11) is 0. The highest BCUT2D eigenvalue weighted by Gasteiger charge is 2.26. The smallest absolute Gasteiger partial charge is 0.254 e. The van der Waals surface area contributed by atoms with Gasteiger partial charge in [0.1, 0.15) is 5.82 Å². The Morgan fingerprint density at radius 1 is 1.11 bits per heavy atom. The molecule has 3 rings (SSSR count). The predicted molar refractivity (Wildman–Crippen MR) is 104 cm³/mol. The molecule has 1 fully saturated rings. The van der Waals surface area contributed by atoms with E-state index < -0.39 is 0 Å². The van der Waals surface area contributed by atoms with Crippen LogP contribution < -0.4 is 5.32 Å². The van der Waals surface area contributed by atoms with Gasteiger partial charge in [0.2, 0.25) is 5.91 Å². The molecule has 6 nitrogen and oxygen atoms in total. The van der Waals surface area contributed by atoms with Gasteiger partial charge in [-0.15, -0.1) is 0 Å². The largest absolute Gasteiger partial charge is 0.351 e. The van der Waals surface area contributed by atoms with Gasteiger partial charge in [0.05, 0.1) is 6.04 Å². The molecule has 1 aromatic heterocycles. The average molecular weight is 384 g/mol. The van der Waals surface area contributed by atoms with Gasteiger partial charge in [0, 0.05) is 56.2 Å². The third-order valence-corrected chi connectivity index (χ3v) is 5.08. The van der Waals surface area contributed by atoms with Crippen LogP contribution in [0, 0.1) is 5.82 Å². The van der Waals surface area contributed by atoms with E-state index in [4.69, 9.17) is 0 Å². The minimum atomic E-state index is -0.345. The molecule has 0 bridgehead atoms. The van der Waals surface area contributed by atoms with E-state index in [-0.39, 0.29) is 30.2 Å². The van der Waals surface area contributed by atoms with Crippen molar-refractivity contribution in [3.8, 4) is 0 Å². The van der Waals surface area contributed by atoms with Gasteiger partial charge in [-0.25, -0.2) is 4.39 Å². The van der Waals surface area contributed by atoms with Crippen LogP contribution in [-0.2, 0) is 11.3 Å². The monoisotopic (exact) mass is 384 g/mol. The zero-order chi connectivity index (χ0) is 19.9. The Morgan fingerprint density at radius 2 is 1.86 bits per heavy atom. The number of pyridine rings is 1. The molecule has 0 spiro atoms. The minimum absolute atomic E-state index is 0.0130. The van der Waals surface area contributed by atoms with Crippen molar-refractivity contribution in [3.05, 3.63) is 65.7 Å². The number of carbonyl (C=O) groups excluding carboxylic acids is 2. The molecule has 0 saturated carbocycles. The normalized spacial score (nSPS) is 16.3. The van der Waals surface area contributed by atoms with Gasteiger partial charge in [-0.2, -0.15) is 0 Å². The van der Waals surface area contributed by atoms with Crippen molar-refractivity contribution < 1.29 is 14.0 Å². The summed E-state index contributed by atoms with van der Waals surface area (Å²) in [5, 5.41) is 2.81. The number of benzene rings is 1. The van der Waals surface area contributed by atoms with Crippen molar-refractivity contribution in [3.63, 3.8) is 0 Å². The van der Waals surface area contributed by atoms with E-state index in [1.165, 1.54) is 6.07 Å². The average Bonchev–Trinajstić information content (AvgIpc) is 2.99. The third-order valence-electron chi connectivity index (χ3n) is 5.08. The number of nitrogens with one attached hydrogen (secondary N) is 1. The van der Waals surface area contributed by atoms with E-state index in [9.17, 15) is 14.0 Å². The van der Waals surface area contributed by atoms with Crippen molar-refractivity contribution in [1.29, 1.82) is 0 Å². The topological polar surface area (TPSA) is 65.5 Å². The van der Waals surface area contributed by atoms with E-state index in [1.807, 2.05) is 11.8 Å². The zero-order valence-corrected chi connectivity index (χ0v) is 16.0. The molecule has 1 aliphatic rings. The van der Waals surface area contributed by atoms with Crippen molar-refractivity contribution in [2.45, 2.75) is 25.9 Å². The Balaban J connectivity index is 1.53. The Bertz CT molecular complexity index is 815. The SMILES string of the molecule is CC(C(=O)NCc1ccccc1F)N1CCCN(C(=O)c2ccncc2)CC1. The molecule has 2 amide bonds. The molecule has 0 aliphatic carbocycles. The van der Waals surface area contributed by atoms with Crippen LogP contribution in [0.2, 0.25) is 0 Å². The quantitative estimate of drug-likeness (QED) is 0.857. The molecule has 1 aromatic carbocycles. The molecule has 7 heteroatoms. The number of hydrogen-bond acceptors (Lipinski definition) is 4. The van der Waals surface area contributed by atoms with Crippen molar-refractivity contribution in [2.24, 2.45) is 0 Å². The van der Waals surface area contributed by atoms with Gasteiger partial charge in [0.25, 0.3) is 5.91 Å². The first-order valence-electron chi connectivity index (χ1n) is 9.50. The van der Waals surface area contributed by atoms with Crippen LogP contribution in [0.25, 0.3) is 0 Å². The van der Waals surface area contributed by atoms with Crippen LogP contribution >= 0.6 is 0 Å². The standard InChI is InChI=1S/C21H25FN4O2/c1-16(20(27)24-15-18-5-2-3-6-19(18)22)25-11-4-12-26(14-13-25)21(28)17-7-9-23-10-8-17/h2-3,5-10,16H,4,11-15H2,1H3,(H,24,27). The predicted octanol–water partition coefficient (Wildman–Crippen LogP) is 2.07. The number of amides is 2. The summed E-state index contributed by atoms with van der Waals surface area (Å²) >= 11 is 0. The maximum absolute atomic E-state index is 13.7. The maximum Gasteiger partial charge on any atom is 0.254 e. The summed E-state index contributed by atoms with van der Waals surface area (Å²) in [5.41, 5.74) is 1.09. The van der Waals surface area contributed by atoms with E-state index in [0.29, 0.717) is 30.8 Å². The first kappa shape index (κ1) is 19.9. The minimum Gasteiger partial charge on any atom is -0.351 e. The summed E-state index contributed by atoms with van der Waals surface area (Å²) in [6, 6.07) is 9.50. The molecule has 0 radical (unpaired) electrons. The number of rotatable bonds is 5. The third kappa shape index (κ3) is 4.92. The van der Waals surface area contributed by atoms with Crippen LogP contribution in [0.5, 0.6) is 0 Å². The summed E-state index contributed by atoms with van der Waals surface area (Å²) in [6.45, 7) is 4.57. The Kier molecular flexibility index (Phi) is 6.71. The molecule has 2 heterocycles. The maximum atomic E-state index is 13.7. The summed E-state index contributed by atoms with van der Waals surface area (Å²) < 4.78 is 13.7. The molecule has 1 aliphatic heterocycles. The number of aromatic nitrogens is 1. The molecule has 1 saturated heterocycles. The molecular weight excluding hydrogens is 359 g/mol. The Hall–Kier alpha value is -2.80. The van der Waals surface area contributed by atoms with Crippen LogP contribution in [0.15, 0.2) is 48.8 Å². The zero-order valence-electron chi connectivity index (χ0n) is 16.0. The first-order valence-corrected chi connectivity index (χ1v) is 9.50. The summed E-state index contributed by atoms with van der Waals surface area (Å²) in [6.07, 6.45) is 4.01. The second kappa shape index (κ2) is 9.41. The van der Waals surface area contributed by atoms with E-state index in [2.05, 4.69) is 15.2 Å². The van der Waals surface area contributed by atoms with Gasteiger partial charge in [-0.1, -0.05) is 18.2 Å². The second-order valence-electron chi connectivity index (χ2n) is 6.90. The highest BCUT2D eigenvalue weighted by atomic mass is 19.1. The molecule has 2 aromatic rings. The van der Waals surface area contributed by atoms with Crippen LogP contribution in [0.1, 0.15) is 29.3 Å². The van der Waals surface area contributed by atoms with Gasteiger partial charge in [-0.05, 0) is 31.5 Å². The van der Waals surface area contributed by atoms with Gasteiger partial charge in [-0.3, -0.25) is 19.5 Å².